The number of carbonyl (C=O) groups excluding carboxylic acids is 2. The Morgan fingerprint density at radius 1 is 1.18 bits per heavy atom. The molecular formula is C19H18ClN5O2S. The largest absolute Gasteiger partial charge is 0.345 e. The van der Waals surface area contributed by atoms with Gasteiger partial charge in [-0.1, -0.05) is 35.5 Å². The Bertz CT molecular complexity index is 974. The Morgan fingerprint density at radius 3 is 2.54 bits per heavy atom. The second-order valence-electron chi connectivity index (χ2n) is 6.12. The highest BCUT2D eigenvalue weighted by molar-refractivity contribution is 7.98. The molecule has 3 aromatic rings. The van der Waals surface area contributed by atoms with Gasteiger partial charge in [0, 0.05) is 31.1 Å². The molecule has 9 heteroatoms. The minimum Gasteiger partial charge on any atom is -0.345 e. The highest BCUT2D eigenvalue weighted by Crippen LogP contribution is 2.23. The molecule has 0 unspecified atom stereocenters. The summed E-state index contributed by atoms with van der Waals surface area (Å²) in [7, 11) is 3.31. The smallest absolute Gasteiger partial charge is 0.255 e. The summed E-state index contributed by atoms with van der Waals surface area (Å²) in [6.45, 7) is 0. The summed E-state index contributed by atoms with van der Waals surface area (Å²) in [5.41, 5.74) is 2.50. The second-order valence-corrected chi connectivity index (χ2v) is 7.50. The number of anilines is 1. The molecule has 28 heavy (non-hydrogen) atoms. The van der Waals surface area contributed by atoms with Crippen LogP contribution in [-0.4, -0.2) is 46.0 Å². The van der Waals surface area contributed by atoms with Crippen LogP contribution in [0, 0.1) is 0 Å². The number of rotatable bonds is 6. The number of halogens is 1. The molecule has 1 aromatic heterocycles. The van der Waals surface area contributed by atoms with Crippen LogP contribution >= 0.6 is 23.4 Å². The molecule has 0 bridgehead atoms. The van der Waals surface area contributed by atoms with Crippen molar-refractivity contribution in [2.45, 2.75) is 10.9 Å². The summed E-state index contributed by atoms with van der Waals surface area (Å²) < 4.78 is 0. The van der Waals surface area contributed by atoms with Gasteiger partial charge in [-0.15, -0.1) is 0 Å². The molecule has 0 aliphatic carbocycles. The summed E-state index contributed by atoms with van der Waals surface area (Å²) in [6.07, 6.45) is 1.46. The third-order valence-corrected chi connectivity index (χ3v) is 5.11. The van der Waals surface area contributed by atoms with Crippen LogP contribution in [0.5, 0.6) is 0 Å². The lowest BCUT2D eigenvalue weighted by molar-refractivity contribution is 0.0827. The van der Waals surface area contributed by atoms with Gasteiger partial charge in [0.05, 0.1) is 10.6 Å². The fourth-order valence-corrected chi connectivity index (χ4v) is 3.37. The van der Waals surface area contributed by atoms with Crippen molar-refractivity contribution in [2.24, 2.45) is 0 Å². The molecule has 2 amide bonds. The van der Waals surface area contributed by atoms with Crippen molar-refractivity contribution >= 4 is 40.9 Å². The molecule has 0 saturated heterocycles. The predicted molar refractivity (Wildman–Crippen MR) is 110 cm³/mol. The molecule has 2 aromatic carbocycles. The van der Waals surface area contributed by atoms with Gasteiger partial charge in [0.25, 0.3) is 11.8 Å². The Balaban J connectivity index is 1.62. The lowest BCUT2D eigenvalue weighted by Gasteiger charge is -2.13. The number of H-pyrrole nitrogens is 1. The van der Waals surface area contributed by atoms with E-state index >= 15 is 0 Å². The van der Waals surface area contributed by atoms with E-state index in [0.717, 1.165) is 10.7 Å². The first-order valence-corrected chi connectivity index (χ1v) is 9.70. The van der Waals surface area contributed by atoms with Crippen LogP contribution in [0.4, 0.5) is 5.69 Å². The maximum absolute atomic E-state index is 12.5. The topological polar surface area (TPSA) is 91.0 Å². The van der Waals surface area contributed by atoms with E-state index in [0.29, 0.717) is 22.6 Å². The van der Waals surface area contributed by atoms with E-state index < -0.39 is 0 Å². The number of thioether (sulfide) groups is 1. The molecule has 0 saturated carbocycles. The molecule has 0 aliphatic heterocycles. The summed E-state index contributed by atoms with van der Waals surface area (Å²) in [6, 6.07) is 12.1. The first-order valence-electron chi connectivity index (χ1n) is 8.33. The first-order chi connectivity index (χ1) is 13.4. The molecule has 3 rings (SSSR count). The monoisotopic (exact) mass is 415 g/mol. The van der Waals surface area contributed by atoms with Crippen LogP contribution in [0.1, 0.15) is 26.3 Å². The summed E-state index contributed by atoms with van der Waals surface area (Å²) in [4.78, 5) is 30.0. The lowest BCUT2D eigenvalue weighted by atomic mass is 10.1. The molecule has 2 N–H and O–H groups in total. The number of hydrogen-bond donors (Lipinski definition) is 2. The molecule has 0 radical (unpaired) electrons. The third-order valence-electron chi connectivity index (χ3n) is 3.85. The number of hydrogen-bond acceptors (Lipinski definition) is 5. The number of aromatic amines is 1. The zero-order valence-electron chi connectivity index (χ0n) is 15.3. The Hall–Kier alpha value is -2.84. The molecule has 0 aliphatic rings. The Morgan fingerprint density at radius 2 is 1.93 bits per heavy atom. The SMILES string of the molecule is CN(C)C(=O)c1ccc(NC(=O)c2ccc(CSc3ncn[nH]3)cc2)cc1Cl. The maximum atomic E-state index is 12.5. The summed E-state index contributed by atoms with van der Waals surface area (Å²) >= 11 is 7.71. The van der Waals surface area contributed by atoms with Gasteiger partial charge >= 0.3 is 0 Å². The first kappa shape index (κ1) is 19.9. The third kappa shape index (κ3) is 4.90. The average Bonchev–Trinajstić information content (AvgIpc) is 3.20. The van der Waals surface area contributed by atoms with Crippen LogP contribution < -0.4 is 5.32 Å². The van der Waals surface area contributed by atoms with E-state index in [2.05, 4.69) is 20.5 Å². The number of benzene rings is 2. The fraction of sp³-hybridized carbons (Fsp3) is 0.158. The van der Waals surface area contributed by atoms with Gasteiger partial charge in [0.2, 0.25) is 0 Å². The summed E-state index contributed by atoms with van der Waals surface area (Å²) in [5.74, 6) is 0.271. The molecular weight excluding hydrogens is 398 g/mol. The van der Waals surface area contributed by atoms with Crippen LogP contribution in [0.15, 0.2) is 53.9 Å². The number of aromatic nitrogens is 3. The van der Waals surface area contributed by atoms with Crippen molar-refractivity contribution in [3.05, 3.63) is 70.5 Å². The van der Waals surface area contributed by atoms with Gasteiger partial charge in [0.15, 0.2) is 5.16 Å². The summed E-state index contributed by atoms with van der Waals surface area (Å²) in [5, 5.41) is 10.4. The second kappa shape index (κ2) is 8.90. The van der Waals surface area contributed by atoms with Crippen molar-refractivity contribution in [1.29, 1.82) is 0 Å². The molecule has 0 atom stereocenters. The van der Waals surface area contributed by atoms with Crippen LogP contribution in [0.3, 0.4) is 0 Å². The van der Waals surface area contributed by atoms with Gasteiger partial charge in [-0.05, 0) is 35.9 Å². The van der Waals surface area contributed by atoms with Crippen LogP contribution in [0.2, 0.25) is 5.02 Å². The Kier molecular flexibility index (Phi) is 6.33. The Labute approximate surface area is 171 Å². The minimum atomic E-state index is -0.253. The zero-order valence-corrected chi connectivity index (χ0v) is 16.8. The molecule has 0 fully saturated rings. The van der Waals surface area contributed by atoms with E-state index in [4.69, 9.17) is 11.6 Å². The van der Waals surface area contributed by atoms with Crippen molar-refractivity contribution in [1.82, 2.24) is 20.1 Å². The van der Waals surface area contributed by atoms with Crippen LogP contribution in [-0.2, 0) is 5.75 Å². The minimum absolute atomic E-state index is 0.193. The van der Waals surface area contributed by atoms with Gasteiger partial charge in [-0.3, -0.25) is 14.7 Å². The molecule has 0 spiro atoms. The fourth-order valence-electron chi connectivity index (χ4n) is 2.38. The number of carbonyl (C=O) groups is 2. The highest BCUT2D eigenvalue weighted by Gasteiger charge is 2.14. The lowest BCUT2D eigenvalue weighted by Crippen LogP contribution is -2.22. The quantitative estimate of drug-likeness (QED) is 0.599. The van der Waals surface area contributed by atoms with E-state index in [-0.39, 0.29) is 16.8 Å². The van der Waals surface area contributed by atoms with E-state index in [1.165, 1.54) is 23.0 Å². The predicted octanol–water partition coefficient (Wildman–Crippen LogP) is 3.70. The molecule has 144 valence electrons. The normalized spacial score (nSPS) is 10.5. The van der Waals surface area contributed by atoms with Gasteiger partial charge in [0.1, 0.15) is 6.33 Å². The average molecular weight is 416 g/mol. The van der Waals surface area contributed by atoms with Gasteiger partial charge in [-0.2, -0.15) is 5.10 Å². The molecule has 7 nitrogen and oxygen atoms in total. The molecule has 1 heterocycles. The highest BCUT2D eigenvalue weighted by atomic mass is 35.5. The standard InChI is InChI=1S/C19H18ClN5O2S/c1-25(2)18(27)15-8-7-14(9-16(15)20)23-17(26)13-5-3-12(4-6-13)10-28-19-21-11-22-24-19/h3-9,11H,10H2,1-2H3,(H,23,26)(H,21,22,24). The van der Waals surface area contributed by atoms with E-state index in [9.17, 15) is 9.59 Å². The van der Waals surface area contributed by atoms with E-state index in [1.807, 2.05) is 12.1 Å². The van der Waals surface area contributed by atoms with Crippen LogP contribution in [0.25, 0.3) is 0 Å². The number of nitrogens with one attached hydrogen (secondary N) is 2. The number of nitrogens with zero attached hydrogens (tertiary/aromatic N) is 3. The van der Waals surface area contributed by atoms with Crippen molar-refractivity contribution in [3.63, 3.8) is 0 Å². The maximum Gasteiger partial charge on any atom is 0.255 e. The van der Waals surface area contributed by atoms with Crippen molar-refractivity contribution < 1.29 is 9.59 Å². The van der Waals surface area contributed by atoms with Gasteiger partial charge in [-0.25, -0.2) is 4.98 Å². The van der Waals surface area contributed by atoms with E-state index in [1.54, 1.807) is 44.4 Å². The van der Waals surface area contributed by atoms with Crippen molar-refractivity contribution in [3.8, 4) is 0 Å². The van der Waals surface area contributed by atoms with Gasteiger partial charge < -0.3 is 10.2 Å². The number of amides is 2. The zero-order chi connectivity index (χ0) is 20.1. The van der Waals surface area contributed by atoms with Crippen molar-refractivity contribution in [2.75, 3.05) is 19.4 Å².